The van der Waals surface area contributed by atoms with Gasteiger partial charge in [-0.1, -0.05) is 75.7 Å². The second kappa shape index (κ2) is 16.4. The highest BCUT2D eigenvalue weighted by atomic mass is 32.3. The van der Waals surface area contributed by atoms with Crippen LogP contribution < -0.4 is 3.71 Å². The summed E-state index contributed by atoms with van der Waals surface area (Å²) < 4.78 is 70.0. The van der Waals surface area contributed by atoms with Crippen molar-refractivity contribution in [3.63, 3.8) is 0 Å². The van der Waals surface area contributed by atoms with Crippen molar-refractivity contribution in [3.8, 4) is 22.4 Å². The lowest BCUT2D eigenvalue weighted by molar-refractivity contribution is -0.0458. The van der Waals surface area contributed by atoms with Crippen LogP contribution in [-0.2, 0) is 29.5 Å². The molecule has 1 fully saturated rings. The molecular weight excluding hydrogens is 751 g/mol. The largest absolute Gasteiger partial charge is 0.393 e. The van der Waals surface area contributed by atoms with Crippen LogP contribution in [0.25, 0.3) is 28.0 Å². The Morgan fingerprint density at radius 2 is 1.43 bits per heavy atom. The Labute approximate surface area is 315 Å². The number of benzene rings is 1. The third-order valence-corrected chi connectivity index (χ3v) is 16.5. The zero-order valence-corrected chi connectivity index (χ0v) is 35.2. The van der Waals surface area contributed by atoms with Gasteiger partial charge in [0.1, 0.15) is 0 Å². The number of aliphatic hydroxyl groups excluding tert-OH is 1. The lowest BCUT2D eigenvalue weighted by Gasteiger charge is -2.34. The van der Waals surface area contributed by atoms with Gasteiger partial charge in [0, 0.05) is 69.9 Å². The molecule has 0 saturated heterocycles. The number of hydrogen-bond acceptors (Lipinski definition) is 11. The molecule has 1 aliphatic rings. The van der Waals surface area contributed by atoms with E-state index in [0.29, 0.717) is 58.3 Å². The van der Waals surface area contributed by atoms with Gasteiger partial charge in [-0.05, 0) is 43.8 Å². The molecule has 2 N–H and O–H groups in total. The Bertz CT molecular complexity index is 2010. The number of pyridine rings is 1. The minimum absolute atomic E-state index is 0.167. The fraction of sp³-hybridized carbons (Fsp3) is 0.528. The number of fused-ring (bicyclic) bond motifs is 1. The molecule has 0 radical (unpaired) electrons. The summed E-state index contributed by atoms with van der Waals surface area (Å²) in [7, 11) is -12.5. The highest BCUT2D eigenvalue weighted by Crippen LogP contribution is 2.40. The number of aromatic nitrogens is 4. The number of rotatable bonds is 17. The van der Waals surface area contributed by atoms with Crippen molar-refractivity contribution < 1.29 is 36.5 Å². The van der Waals surface area contributed by atoms with E-state index in [4.69, 9.17) is 14.5 Å². The topological polar surface area (TPSA) is 174 Å². The van der Waals surface area contributed by atoms with Crippen LogP contribution in [-0.4, -0.2) is 100 Å². The molecule has 3 aromatic heterocycles. The first-order valence-electron chi connectivity index (χ1n) is 18.0. The summed E-state index contributed by atoms with van der Waals surface area (Å²) in [5.41, 5.74) is 2.32. The summed E-state index contributed by atoms with van der Waals surface area (Å²) >= 11 is 0. The monoisotopic (exact) mass is 803 g/mol. The van der Waals surface area contributed by atoms with E-state index >= 15 is 0 Å². The van der Waals surface area contributed by atoms with E-state index in [1.807, 2.05) is 42.5 Å². The van der Waals surface area contributed by atoms with Crippen LogP contribution in [0, 0.1) is 0 Å². The number of aliphatic hydroxyl groups is 2. The van der Waals surface area contributed by atoms with Crippen LogP contribution in [0.5, 0.6) is 0 Å². The van der Waals surface area contributed by atoms with E-state index in [1.54, 1.807) is 6.20 Å². The maximum absolute atomic E-state index is 14.3. The van der Waals surface area contributed by atoms with Gasteiger partial charge >= 0.3 is 0 Å². The molecule has 13 nitrogen and oxygen atoms in total. The summed E-state index contributed by atoms with van der Waals surface area (Å²) in [6.07, 6.45) is 4.67. The zero-order chi connectivity index (χ0) is 38.7. The summed E-state index contributed by atoms with van der Waals surface area (Å²) in [5.74, 6) is -2.23. The summed E-state index contributed by atoms with van der Waals surface area (Å²) in [6.45, 7) is 12.8. The number of sulfonamides is 2. The van der Waals surface area contributed by atoms with Gasteiger partial charge in [0.2, 0.25) is 0 Å². The van der Waals surface area contributed by atoms with Crippen molar-refractivity contribution in [2.75, 3.05) is 35.4 Å². The molecule has 0 spiro atoms. The molecule has 0 aliphatic heterocycles. The molecule has 3 heterocycles. The number of ether oxygens (including phenoxy) is 2. The third-order valence-electron chi connectivity index (χ3n) is 9.40. The van der Waals surface area contributed by atoms with Crippen molar-refractivity contribution in [2.45, 2.75) is 88.6 Å². The van der Waals surface area contributed by atoms with Crippen LogP contribution in [0.1, 0.15) is 37.3 Å². The van der Waals surface area contributed by atoms with Gasteiger partial charge in [-0.2, -0.15) is 9.61 Å². The standard InChI is InChI=1S/C36H53N5O8S2Si2/c1-52(2,3)20-18-48-26-50(44,45)41(51(46,47)27-49-19-21-53(4,5)6)34-22-33(29-14-16-36(43,25-42)17-15-29)39-35-31(24-38-40(34)35)30-12-13-32(37-23-30)28-10-8-7-9-11-28/h7-13,22-24,29,42-43H,14-21,25-27H2,1-6H3. The van der Waals surface area contributed by atoms with Gasteiger partial charge in [0.05, 0.1) is 24.1 Å². The van der Waals surface area contributed by atoms with Gasteiger partial charge in [-0.25, -0.2) is 21.8 Å². The molecule has 290 valence electrons. The molecule has 1 aliphatic carbocycles. The van der Waals surface area contributed by atoms with Crippen molar-refractivity contribution in [1.82, 2.24) is 19.6 Å². The maximum Gasteiger partial charge on any atom is 0.273 e. The predicted molar refractivity (Wildman–Crippen MR) is 213 cm³/mol. The van der Waals surface area contributed by atoms with E-state index < -0.39 is 53.7 Å². The van der Waals surface area contributed by atoms with E-state index in [1.165, 1.54) is 16.8 Å². The average molecular weight is 804 g/mol. The second-order valence-corrected chi connectivity index (χ2v) is 31.4. The Balaban J connectivity index is 1.62. The van der Waals surface area contributed by atoms with E-state index in [9.17, 15) is 27.0 Å². The molecule has 0 unspecified atom stereocenters. The van der Waals surface area contributed by atoms with Gasteiger partial charge in [0.15, 0.2) is 23.3 Å². The molecular formula is C36H53N5O8S2Si2. The van der Waals surface area contributed by atoms with Crippen molar-refractivity contribution in [1.29, 1.82) is 0 Å². The van der Waals surface area contributed by atoms with Crippen LogP contribution in [0.15, 0.2) is 60.9 Å². The molecule has 1 saturated carbocycles. The Morgan fingerprint density at radius 3 is 1.94 bits per heavy atom. The molecule has 53 heavy (non-hydrogen) atoms. The first kappa shape index (κ1) is 41.1. The van der Waals surface area contributed by atoms with Crippen molar-refractivity contribution in [3.05, 3.63) is 66.6 Å². The van der Waals surface area contributed by atoms with E-state index in [2.05, 4.69) is 49.4 Å². The number of anilines is 1. The predicted octanol–water partition coefficient (Wildman–Crippen LogP) is 5.93. The summed E-state index contributed by atoms with van der Waals surface area (Å²) in [6, 6.07) is 16.3. The molecule has 0 amide bonds. The Hall–Kier alpha value is -3.04. The van der Waals surface area contributed by atoms with E-state index in [-0.39, 0.29) is 37.2 Å². The van der Waals surface area contributed by atoms with Crippen LogP contribution >= 0.6 is 0 Å². The van der Waals surface area contributed by atoms with Crippen molar-refractivity contribution in [2.24, 2.45) is 0 Å². The SMILES string of the molecule is C[Si](C)(C)CCOCS(=O)(=O)N(c1cc(C2CCC(O)(CO)CC2)nc2c(-c3ccc(-c4ccccc4)nc3)cnn12)S(=O)(=O)COCC[Si](C)(C)C. The van der Waals surface area contributed by atoms with Crippen LogP contribution in [0.2, 0.25) is 51.4 Å². The summed E-state index contributed by atoms with van der Waals surface area (Å²) in [4.78, 5) is 9.62. The fourth-order valence-corrected chi connectivity index (χ4v) is 10.9. The average Bonchev–Trinajstić information content (AvgIpc) is 3.53. The maximum atomic E-state index is 14.3. The van der Waals surface area contributed by atoms with E-state index in [0.717, 1.165) is 11.3 Å². The van der Waals surface area contributed by atoms with Crippen LogP contribution in [0.3, 0.4) is 0 Å². The fourth-order valence-electron chi connectivity index (χ4n) is 6.09. The van der Waals surface area contributed by atoms with Gasteiger partial charge in [-0.3, -0.25) is 4.98 Å². The van der Waals surface area contributed by atoms with Crippen LogP contribution in [0.4, 0.5) is 5.82 Å². The van der Waals surface area contributed by atoms with Crippen molar-refractivity contribution >= 4 is 47.7 Å². The highest BCUT2D eigenvalue weighted by molar-refractivity contribution is 8.10. The normalized spacial score (nSPS) is 18.8. The molecule has 5 rings (SSSR count). The van der Waals surface area contributed by atoms with Gasteiger partial charge in [-0.15, -0.1) is 3.71 Å². The molecule has 0 bridgehead atoms. The van der Waals surface area contributed by atoms with Gasteiger partial charge < -0.3 is 19.7 Å². The second-order valence-electron chi connectivity index (χ2n) is 16.4. The third kappa shape index (κ3) is 10.6. The first-order chi connectivity index (χ1) is 24.8. The Morgan fingerprint density at radius 1 is 0.849 bits per heavy atom. The lowest BCUT2D eigenvalue weighted by Crippen LogP contribution is -2.42. The Kier molecular flexibility index (Phi) is 12.7. The highest BCUT2D eigenvalue weighted by Gasteiger charge is 2.39. The lowest BCUT2D eigenvalue weighted by atomic mass is 9.78. The zero-order valence-electron chi connectivity index (χ0n) is 31.5. The summed E-state index contributed by atoms with van der Waals surface area (Å²) in [5, 5.41) is 25.1. The first-order valence-corrected chi connectivity index (χ1v) is 28.6. The molecule has 17 heteroatoms. The number of hydrogen-bond donors (Lipinski definition) is 2. The minimum atomic E-state index is -4.68. The number of nitrogens with zero attached hydrogens (tertiary/aromatic N) is 5. The minimum Gasteiger partial charge on any atom is -0.393 e. The van der Waals surface area contributed by atoms with Gasteiger partial charge in [0.25, 0.3) is 20.0 Å². The molecule has 1 aromatic carbocycles. The quantitative estimate of drug-likeness (QED) is 0.0957. The smallest absolute Gasteiger partial charge is 0.273 e. The molecule has 4 aromatic rings. The molecule has 0 atom stereocenters.